The van der Waals surface area contributed by atoms with E-state index in [1.807, 2.05) is 45.9 Å². The van der Waals surface area contributed by atoms with Crippen molar-refractivity contribution in [2.45, 2.75) is 33.3 Å². The normalized spacial score (nSPS) is 11.7. The van der Waals surface area contributed by atoms with Gasteiger partial charge in [0.15, 0.2) is 0 Å². The van der Waals surface area contributed by atoms with E-state index in [1.165, 1.54) is 0 Å². The van der Waals surface area contributed by atoms with Crippen LogP contribution in [0.15, 0.2) is 40.1 Å². The molecule has 0 unspecified atom stereocenters. The van der Waals surface area contributed by atoms with Gasteiger partial charge in [-0.3, -0.25) is 0 Å². The summed E-state index contributed by atoms with van der Waals surface area (Å²) in [6, 6.07) is 7.37. The van der Waals surface area contributed by atoms with Crippen molar-refractivity contribution in [3.63, 3.8) is 0 Å². The van der Waals surface area contributed by atoms with Gasteiger partial charge in [0.2, 0.25) is 0 Å². The van der Waals surface area contributed by atoms with Crippen LogP contribution in [0.1, 0.15) is 37.7 Å². The molecule has 0 amide bonds. The van der Waals surface area contributed by atoms with Crippen LogP contribution in [0.3, 0.4) is 0 Å². The monoisotopic (exact) mass is 350 g/mol. The minimum Gasteiger partial charge on any atom is -0.469 e. The highest BCUT2D eigenvalue weighted by Crippen LogP contribution is 2.21. The predicted octanol–water partition coefficient (Wildman–Crippen LogP) is 5.18. The number of hydrogen-bond donors (Lipinski definition) is 1. The largest absolute Gasteiger partial charge is 0.469 e. The minimum absolute atomic E-state index is 0.348. The number of oxime groups is 1. The molecule has 0 spiro atoms. The van der Waals surface area contributed by atoms with E-state index in [1.54, 1.807) is 18.5 Å². The molecular formula is C17H19ClN2O2S. The summed E-state index contributed by atoms with van der Waals surface area (Å²) in [6.45, 7) is 7.65. The Kier molecular flexibility index (Phi) is 5.44. The smallest absolute Gasteiger partial charge is 0.129 e. The predicted molar refractivity (Wildman–Crippen MR) is 98.7 cm³/mol. The molecule has 0 saturated heterocycles. The van der Waals surface area contributed by atoms with Crippen LogP contribution in [0.2, 0.25) is 5.02 Å². The van der Waals surface area contributed by atoms with Crippen molar-refractivity contribution in [1.82, 2.24) is 0 Å². The standard InChI is InChI=1S/C17H19ClN2O2S/c1-11-7-13(10-21-11)16(23)20-14-5-6-15(18)12(8-14)9-19-22-17(2,3)4/h5-10H,1-4H3,(H,20,23)/b19-9+. The molecule has 1 aromatic carbocycles. The summed E-state index contributed by atoms with van der Waals surface area (Å²) in [6.07, 6.45) is 3.21. The van der Waals surface area contributed by atoms with E-state index in [0.717, 1.165) is 22.6 Å². The quantitative estimate of drug-likeness (QED) is 0.469. The van der Waals surface area contributed by atoms with Gasteiger partial charge in [0, 0.05) is 21.8 Å². The third-order valence-corrected chi connectivity index (χ3v) is 3.45. The molecule has 23 heavy (non-hydrogen) atoms. The molecule has 1 aromatic heterocycles. The van der Waals surface area contributed by atoms with Crippen molar-refractivity contribution < 1.29 is 9.25 Å². The summed E-state index contributed by atoms with van der Waals surface area (Å²) in [5, 5.41) is 7.71. The Balaban J connectivity index is 2.12. The van der Waals surface area contributed by atoms with Gasteiger partial charge in [-0.15, -0.1) is 0 Å². The first-order valence-electron chi connectivity index (χ1n) is 7.12. The van der Waals surface area contributed by atoms with E-state index >= 15 is 0 Å². The number of rotatable bonds is 4. The molecule has 0 bridgehead atoms. The zero-order valence-electron chi connectivity index (χ0n) is 13.5. The molecule has 0 aliphatic heterocycles. The summed E-state index contributed by atoms with van der Waals surface area (Å²) < 4.78 is 5.26. The molecule has 0 atom stereocenters. The minimum atomic E-state index is -0.348. The number of benzene rings is 1. The summed E-state index contributed by atoms with van der Waals surface area (Å²) in [4.78, 5) is 5.91. The number of hydrogen-bond acceptors (Lipinski definition) is 4. The van der Waals surface area contributed by atoms with E-state index < -0.39 is 0 Å². The zero-order valence-corrected chi connectivity index (χ0v) is 15.1. The maximum Gasteiger partial charge on any atom is 0.129 e. The van der Waals surface area contributed by atoms with Crippen LogP contribution in [0, 0.1) is 6.92 Å². The van der Waals surface area contributed by atoms with Gasteiger partial charge in [-0.05, 0) is 52.0 Å². The van der Waals surface area contributed by atoms with Gasteiger partial charge < -0.3 is 14.6 Å². The second-order valence-electron chi connectivity index (χ2n) is 6.07. The van der Waals surface area contributed by atoms with Gasteiger partial charge in [0.05, 0.1) is 6.21 Å². The topological polar surface area (TPSA) is 46.8 Å². The molecule has 2 aromatic rings. The lowest BCUT2D eigenvalue weighted by Crippen LogP contribution is -2.15. The Hall–Kier alpha value is -1.85. The van der Waals surface area contributed by atoms with Crippen LogP contribution < -0.4 is 5.32 Å². The van der Waals surface area contributed by atoms with Crippen molar-refractivity contribution >= 4 is 40.7 Å². The Labute approximate surface area is 146 Å². The van der Waals surface area contributed by atoms with Gasteiger partial charge in [0.1, 0.15) is 22.6 Å². The number of nitrogens with one attached hydrogen (secondary N) is 1. The first kappa shape index (κ1) is 17.5. The highest BCUT2D eigenvalue weighted by Gasteiger charge is 2.10. The number of halogens is 1. The average molecular weight is 351 g/mol. The molecule has 0 fully saturated rings. The molecule has 0 aliphatic carbocycles. The Morgan fingerprint density at radius 3 is 2.70 bits per heavy atom. The van der Waals surface area contributed by atoms with Crippen molar-refractivity contribution in [1.29, 1.82) is 0 Å². The summed E-state index contributed by atoms with van der Waals surface area (Å²) in [7, 11) is 0. The van der Waals surface area contributed by atoms with Gasteiger partial charge in [-0.2, -0.15) is 0 Å². The van der Waals surface area contributed by atoms with Crippen LogP contribution in [-0.2, 0) is 4.84 Å². The van der Waals surface area contributed by atoms with Gasteiger partial charge in [0.25, 0.3) is 0 Å². The van der Waals surface area contributed by atoms with Crippen LogP contribution in [-0.4, -0.2) is 16.8 Å². The molecule has 0 saturated carbocycles. The fourth-order valence-electron chi connectivity index (χ4n) is 1.73. The van der Waals surface area contributed by atoms with Crippen LogP contribution in [0.25, 0.3) is 0 Å². The maximum atomic E-state index is 6.18. The van der Waals surface area contributed by atoms with E-state index in [9.17, 15) is 0 Å². The van der Waals surface area contributed by atoms with E-state index in [-0.39, 0.29) is 5.60 Å². The number of thiocarbonyl (C=S) groups is 1. The third kappa shape index (κ3) is 5.37. The molecule has 122 valence electrons. The van der Waals surface area contributed by atoms with Crippen molar-refractivity contribution in [3.8, 4) is 0 Å². The summed E-state index contributed by atoms with van der Waals surface area (Å²) >= 11 is 11.5. The molecule has 6 heteroatoms. The van der Waals surface area contributed by atoms with Gasteiger partial charge >= 0.3 is 0 Å². The van der Waals surface area contributed by atoms with E-state index in [0.29, 0.717) is 10.0 Å². The molecule has 4 nitrogen and oxygen atoms in total. The Morgan fingerprint density at radius 1 is 1.35 bits per heavy atom. The van der Waals surface area contributed by atoms with Crippen molar-refractivity contribution in [2.75, 3.05) is 5.32 Å². The van der Waals surface area contributed by atoms with Gasteiger partial charge in [-0.1, -0.05) is 29.0 Å². The SMILES string of the molecule is Cc1cc(C(=S)Nc2ccc(Cl)c(/C=N/OC(C)(C)C)c2)co1. The Bertz CT molecular complexity index is 732. The fraction of sp³-hybridized carbons (Fsp3) is 0.294. The molecule has 1 heterocycles. The number of nitrogens with zero attached hydrogens (tertiary/aromatic N) is 1. The molecule has 0 radical (unpaired) electrons. The molecule has 1 N–H and O–H groups in total. The van der Waals surface area contributed by atoms with E-state index in [2.05, 4.69) is 10.5 Å². The highest BCUT2D eigenvalue weighted by molar-refractivity contribution is 7.81. The molecule has 2 rings (SSSR count). The first-order chi connectivity index (χ1) is 10.7. The van der Waals surface area contributed by atoms with Crippen LogP contribution in [0.5, 0.6) is 0 Å². The average Bonchev–Trinajstić information content (AvgIpc) is 2.87. The van der Waals surface area contributed by atoms with E-state index in [4.69, 9.17) is 33.1 Å². The Morgan fingerprint density at radius 2 is 2.09 bits per heavy atom. The molecule has 0 aliphatic rings. The summed E-state index contributed by atoms with van der Waals surface area (Å²) in [5.41, 5.74) is 2.04. The first-order valence-corrected chi connectivity index (χ1v) is 7.91. The maximum absolute atomic E-state index is 6.18. The lowest BCUT2D eigenvalue weighted by molar-refractivity contribution is 0.00199. The second kappa shape index (κ2) is 7.15. The fourth-order valence-corrected chi connectivity index (χ4v) is 2.12. The van der Waals surface area contributed by atoms with Crippen LogP contribution in [0.4, 0.5) is 5.69 Å². The highest BCUT2D eigenvalue weighted by atomic mass is 35.5. The number of aryl methyl sites for hydroxylation is 1. The number of anilines is 1. The number of furan rings is 1. The molecular weight excluding hydrogens is 332 g/mol. The second-order valence-corrected chi connectivity index (χ2v) is 6.89. The van der Waals surface area contributed by atoms with Gasteiger partial charge in [-0.25, -0.2) is 0 Å². The van der Waals surface area contributed by atoms with Crippen molar-refractivity contribution in [3.05, 3.63) is 52.4 Å². The van der Waals surface area contributed by atoms with Crippen molar-refractivity contribution in [2.24, 2.45) is 5.16 Å². The zero-order chi connectivity index (χ0) is 17.0. The lowest BCUT2D eigenvalue weighted by Gasteiger charge is -2.15. The lowest BCUT2D eigenvalue weighted by atomic mass is 10.2. The third-order valence-electron chi connectivity index (χ3n) is 2.76. The summed E-state index contributed by atoms with van der Waals surface area (Å²) in [5.74, 6) is 0.812. The van der Waals surface area contributed by atoms with Crippen LogP contribution >= 0.6 is 23.8 Å².